The van der Waals surface area contributed by atoms with Crippen molar-refractivity contribution >= 4 is 39.2 Å². The molecule has 122 valence electrons. The molecule has 0 radical (unpaired) electrons. The van der Waals surface area contributed by atoms with E-state index in [4.69, 9.17) is 28.3 Å². The number of nitrogens with zero attached hydrogens (tertiary/aromatic N) is 1. The van der Waals surface area contributed by atoms with E-state index in [1.54, 1.807) is 19.1 Å². The lowest BCUT2D eigenvalue weighted by atomic mass is 9.96. The first-order valence-corrected chi connectivity index (χ1v) is 9.23. The SMILES string of the molecule is CC1CCC(C(=O)O)CN1S(=O)(=O)Cc1cc(Cl)cc(Cl)c1. The third-order valence-corrected chi connectivity index (χ3v) is 6.16. The number of carbonyl (C=O) groups is 1. The number of hydrogen-bond acceptors (Lipinski definition) is 3. The van der Waals surface area contributed by atoms with E-state index in [1.807, 2.05) is 0 Å². The van der Waals surface area contributed by atoms with Crippen molar-refractivity contribution in [3.05, 3.63) is 33.8 Å². The molecule has 5 nitrogen and oxygen atoms in total. The molecule has 1 saturated heterocycles. The van der Waals surface area contributed by atoms with E-state index in [9.17, 15) is 13.2 Å². The van der Waals surface area contributed by atoms with Crippen molar-refractivity contribution in [2.45, 2.75) is 31.6 Å². The number of piperidine rings is 1. The second kappa shape index (κ2) is 6.74. The Balaban J connectivity index is 2.22. The molecule has 8 heteroatoms. The Hall–Kier alpha value is -0.820. The van der Waals surface area contributed by atoms with Gasteiger partial charge in [0.05, 0.1) is 11.7 Å². The second-order valence-corrected chi connectivity index (χ2v) is 8.36. The summed E-state index contributed by atoms with van der Waals surface area (Å²) >= 11 is 11.8. The first-order chi connectivity index (χ1) is 10.2. The molecule has 1 aliphatic heterocycles. The van der Waals surface area contributed by atoms with Crippen molar-refractivity contribution in [1.29, 1.82) is 0 Å². The number of halogens is 2. The maximum atomic E-state index is 12.6. The minimum atomic E-state index is -3.63. The molecule has 0 aliphatic carbocycles. The van der Waals surface area contributed by atoms with E-state index in [2.05, 4.69) is 0 Å². The van der Waals surface area contributed by atoms with Crippen LogP contribution in [0.25, 0.3) is 0 Å². The highest BCUT2D eigenvalue weighted by Gasteiger charge is 2.36. The summed E-state index contributed by atoms with van der Waals surface area (Å²) in [6.07, 6.45) is 1.03. The summed E-state index contributed by atoms with van der Waals surface area (Å²) in [6, 6.07) is 4.42. The highest BCUT2D eigenvalue weighted by Crippen LogP contribution is 2.27. The van der Waals surface area contributed by atoms with Gasteiger partial charge in [-0.05, 0) is 43.5 Å². The van der Waals surface area contributed by atoms with Gasteiger partial charge in [0.1, 0.15) is 0 Å². The van der Waals surface area contributed by atoms with Gasteiger partial charge >= 0.3 is 5.97 Å². The predicted molar refractivity (Wildman–Crippen MR) is 85.6 cm³/mol. The number of carboxylic acid groups (broad SMARTS) is 1. The van der Waals surface area contributed by atoms with Crippen molar-refractivity contribution in [3.63, 3.8) is 0 Å². The van der Waals surface area contributed by atoms with E-state index in [0.29, 0.717) is 28.5 Å². The van der Waals surface area contributed by atoms with E-state index in [0.717, 1.165) is 0 Å². The van der Waals surface area contributed by atoms with E-state index in [-0.39, 0.29) is 18.3 Å². The summed E-state index contributed by atoms with van der Waals surface area (Å²) in [5.41, 5.74) is 0.488. The summed E-state index contributed by atoms with van der Waals surface area (Å²) < 4.78 is 26.5. The standard InChI is InChI=1S/C14H17Cl2NO4S/c1-9-2-3-11(14(18)19)7-17(9)22(20,21)8-10-4-12(15)6-13(16)5-10/h4-6,9,11H,2-3,7-8H2,1H3,(H,18,19). The van der Waals surface area contributed by atoms with Gasteiger partial charge in [-0.1, -0.05) is 23.2 Å². The number of carboxylic acids is 1. The average Bonchev–Trinajstić information content (AvgIpc) is 2.36. The van der Waals surface area contributed by atoms with Crippen molar-refractivity contribution in [3.8, 4) is 0 Å². The summed E-state index contributed by atoms with van der Waals surface area (Å²) in [5, 5.41) is 9.85. The van der Waals surface area contributed by atoms with Crippen LogP contribution in [0.5, 0.6) is 0 Å². The Bertz CT molecular complexity index is 657. The fourth-order valence-corrected chi connectivity index (χ4v) is 5.04. The second-order valence-electron chi connectivity index (χ2n) is 5.57. The Morgan fingerprint density at radius 3 is 2.41 bits per heavy atom. The molecule has 1 aliphatic rings. The number of aliphatic carboxylic acids is 1. The van der Waals surface area contributed by atoms with Crippen LogP contribution < -0.4 is 0 Å². The fourth-order valence-electron chi connectivity index (χ4n) is 2.65. The molecule has 2 unspecified atom stereocenters. The molecular formula is C14H17Cl2NO4S. The van der Waals surface area contributed by atoms with Gasteiger partial charge in [0.2, 0.25) is 10.0 Å². The molecule has 0 saturated carbocycles. The maximum Gasteiger partial charge on any atom is 0.307 e. The van der Waals surface area contributed by atoms with Crippen molar-refractivity contribution < 1.29 is 18.3 Å². The quantitative estimate of drug-likeness (QED) is 0.889. The average molecular weight is 366 g/mol. The zero-order valence-corrected chi connectivity index (χ0v) is 14.3. The first-order valence-electron chi connectivity index (χ1n) is 6.86. The van der Waals surface area contributed by atoms with Crippen LogP contribution in [0, 0.1) is 5.92 Å². The largest absolute Gasteiger partial charge is 0.481 e. The van der Waals surface area contributed by atoms with Crippen molar-refractivity contribution in [2.75, 3.05) is 6.54 Å². The third-order valence-electron chi connectivity index (χ3n) is 3.80. The van der Waals surface area contributed by atoms with Gasteiger partial charge < -0.3 is 5.11 Å². The fraction of sp³-hybridized carbons (Fsp3) is 0.500. The van der Waals surface area contributed by atoms with Crippen LogP contribution in [0.2, 0.25) is 10.0 Å². The highest BCUT2D eigenvalue weighted by molar-refractivity contribution is 7.88. The molecule has 0 bridgehead atoms. The van der Waals surface area contributed by atoms with Crippen molar-refractivity contribution in [2.24, 2.45) is 5.92 Å². The van der Waals surface area contributed by atoms with Crippen LogP contribution in [0.1, 0.15) is 25.3 Å². The summed E-state index contributed by atoms with van der Waals surface area (Å²) in [6.45, 7) is 1.80. The Kier molecular flexibility index (Phi) is 5.37. The number of benzene rings is 1. The first kappa shape index (κ1) is 17.5. The molecule has 2 atom stereocenters. The molecule has 2 rings (SSSR count). The topological polar surface area (TPSA) is 74.7 Å². The molecule has 0 aromatic heterocycles. The van der Waals surface area contributed by atoms with E-state index >= 15 is 0 Å². The molecule has 1 N–H and O–H groups in total. The Morgan fingerprint density at radius 2 is 1.86 bits per heavy atom. The van der Waals surface area contributed by atoms with Gasteiger partial charge in [-0.15, -0.1) is 0 Å². The van der Waals surface area contributed by atoms with Gasteiger partial charge in [0.15, 0.2) is 0 Å². The van der Waals surface area contributed by atoms with Crippen LogP contribution in [-0.2, 0) is 20.6 Å². The summed E-state index contributed by atoms with van der Waals surface area (Å²) in [5.74, 6) is -1.86. The van der Waals surface area contributed by atoms with Gasteiger partial charge in [0.25, 0.3) is 0 Å². The van der Waals surface area contributed by atoms with Crippen LogP contribution >= 0.6 is 23.2 Å². The van der Waals surface area contributed by atoms with Crippen molar-refractivity contribution in [1.82, 2.24) is 4.31 Å². The van der Waals surface area contributed by atoms with Gasteiger partial charge in [-0.3, -0.25) is 4.79 Å². The monoisotopic (exact) mass is 365 g/mol. The van der Waals surface area contributed by atoms with Crippen LogP contribution in [0.4, 0.5) is 0 Å². The molecule has 0 amide bonds. The normalized spacial score (nSPS) is 23.4. The molecule has 1 heterocycles. The smallest absolute Gasteiger partial charge is 0.307 e. The highest BCUT2D eigenvalue weighted by atomic mass is 35.5. The lowest BCUT2D eigenvalue weighted by molar-refractivity contribution is -0.143. The lowest BCUT2D eigenvalue weighted by Gasteiger charge is -2.35. The van der Waals surface area contributed by atoms with Crippen LogP contribution in [0.3, 0.4) is 0 Å². The maximum absolute atomic E-state index is 12.6. The number of sulfonamides is 1. The zero-order chi connectivity index (χ0) is 16.5. The zero-order valence-electron chi connectivity index (χ0n) is 12.0. The van der Waals surface area contributed by atoms with E-state index in [1.165, 1.54) is 10.4 Å². The molecule has 0 spiro atoms. The van der Waals surface area contributed by atoms with Gasteiger partial charge in [-0.25, -0.2) is 8.42 Å². The Labute approximate surface area is 139 Å². The van der Waals surface area contributed by atoms with Gasteiger partial charge in [-0.2, -0.15) is 4.31 Å². The number of hydrogen-bond donors (Lipinski definition) is 1. The minimum absolute atomic E-state index is 0.00707. The molecule has 1 fully saturated rings. The van der Waals surface area contributed by atoms with Crippen LogP contribution in [-0.4, -0.2) is 36.4 Å². The summed E-state index contributed by atoms with van der Waals surface area (Å²) in [7, 11) is -3.63. The molecule has 1 aromatic rings. The molecule has 22 heavy (non-hydrogen) atoms. The Morgan fingerprint density at radius 1 is 1.27 bits per heavy atom. The van der Waals surface area contributed by atoms with Crippen LogP contribution in [0.15, 0.2) is 18.2 Å². The summed E-state index contributed by atoms with van der Waals surface area (Å²) in [4.78, 5) is 11.1. The molecule has 1 aromatic carbocycles. The van der Waals surface area contributed by atoms with E-state index < -0.39 is 21.9 Å². The third kappa shape index (κ3) is 4.13. The lowest BCUT2D eigenvalue weighted by Crippen LogP contribution is -2.47. The van der Waals surface area contributed by atoms with Gasteiger partial charge in [0, 0.05) is 22.6 Å². The number of rotatable bonds is 4. The molecular weight excluding hydrogens is 349 g/mol. The minimum Gasteiger partial charge on any atom is -0.481 e. The predicted octanol–water partition coefficient (Wildman–Crippen LogP) is 3.01.